The molecule has 2 aromatic heterocycles. The van der Waals surface area contributed by atoms with Gasteiger partial charge in [-0.1, -0.05) is 39.0 Å². The van der Waals surface area contributed by atoms with Gasteiger partial charge in [0.2, 0.25) is 5.91 Å². The lowest BCUT2D eigenvalue weighted by Gasteiger charge is -2.23. The Morgan fingerprint density at radius 2 is 1.91 bits per heavy atom. The van der Waals surface area contributed by atoms with Crippen LogP contribution in [-0.2, 0) is 17.9 Å². The van der Waals surface area contributed by atoms with E-state index in [-0.39, 0.29) is 23.8 Å². The molecule has 8 heteroatoms. The summed E-state index contributed by atoms with van der Waals surface area (Å²) in [6.07, 6.45) is 0.756. The number of fused-ring (bicyclic) bond motifs is 3. The number of carbonyl (C=O) groups is 2. The summed E-state index contributed by atoms with van der Waals surface area (Å²) in [7, 11) is 0. The summed E-state index contributed by atoms with van der Waals surface area (Å²) >= 11 is 0. The van der Waals surface area contributed by atoms with E-state index in [9.17, 15) is 9.59 Å². The molecule has 0 atom stereocenters. The Morgan fingerprint density at radius 3 is 2.61 bits per heavy atom. The predicted octanol–water partition coefficient (Wildman–Crippen LogP) is 3.52. The number of aryl methyl sites for hydroxylation is 3. The van der Waals surface area contributed by atoms with Crippen molar-refractivity contribution in [3.63, 3.8) is 0 Å². The van der Waals surface area contributed by atoms with Crippen molar-refractivity contribution in [1.29, 1.82) is 0 Å². The third kappa shape index (κ3) is 4.84. The number of amides is 2. The Labute approximate surface area is 194 Å². The molecule has 0 saturated carbocycles. The summed E-state index contributed by atoms with van der Waals surface area (Å²) in [5.41, 5.74) is 4.24. The van der Waals surface area contributed by atoms with E-state index < -0.39 is 0 Å². The number of nitrogens with zero attached hydrogens (tertiary/aromatic N) is 5. The van der Waals surface area contributed by atoms with Crippen LogP contribution in [0, 0.1) is 19.3 Å². The second-order valence-corrected chi connectivity index (χ2v) is 9.69. The standard InChI is InChI=1S/C25H32N6O2/c1-17-13-18(2)30(27-17)12-8-11-26-23(32)16-31-24(33)21-14-19-9-6-7-10-20(19)29(21)15-22(28-31)25(3,4)5/h6-7,9-10,13-14H,8,11-12,15-16H2,1-5H3,(H,26,32). The highest BCUT2D eigenvalue weighted by molar-refractivity contribution is 6.03. The highest BCUT2D eigenvalue weighted by Crippen LogP contribution is 2.27. The van der Waals surface area contributed by atoms with Crippen molar-refractivity contribution in [2.75, 3.05) is 13.1 Å². The minimum Gasteiger partial charge on any atom is -0.354 e. The van der Waals surface area contributed by atoms with Crippen LogP contribution in [0.2, 0.25) is 0 Å². The van der Waals surface area contributed by atoms with Crippen molar-refractivity contribution >= 4 is 28.4 Å². The van der Waals surface area contributed by atoms with E-state index in [1.54, 1.807) is 0 Å². The highest BCUT2D eigenvalue weighted by atomic mass is 16.2. The zero-order chi connectivity index (χ0) is 23.8. The molecule has 174 valence electrons. The van der Waals surface area contributed by atoms with Crippen LogP contribution in [0.25, 0.3) is 10.9 Å². The maximum atomic E-state index is 13.4. The maximum Gasteiger partial charge on any atom is 0.291 e. The topological polar surface area (TPSA) is 84.5 Å². The van der Waals surface area contributed by atoms with Gasteiger partial charge in [0, 0.05) is 35.1 Å². The van der Waals surface area contributed by atoms with Gasteiger partial charge in [-0.25, -0.2) is 5.01 Å². The minimum atomic E-state index is -0.261. The maximum absolute atomic E-state index is 13.4. The minimum absolute atomic E-state index is 0.111. The van der Waals surface area contributed by atoms with Gasteiger partial charge < -0.3 is 9.88 Å². The third-order valence-electron chi connectivity index (χ3n) is 5.94. The second kappa shape index (κ2) is 8.84. The van der Waals surface area contributed by atoms with E-state index in [2.05, 4.69) is 36.3 Å². The van der Waals surface area contributed by atoms with Gasteiger partial charge >= 0.3 is 0 Å². The molecule has 2 amide bonds. The van der Waals surface area contributed by atoms with E-state index in [0.717, 1.165) is 41.0 Å². The lowest BCUT2D eigenvalue weighted by Crippen LogP contribution is -2.39. The lowest BCUT2D eigenvalue weighted by molar-refractivity contribution is -0.121. The number of hydrogen-bond donors (Lipinski definition) is 1. The number of carbonyl (C=O) groups excluding carboxylic acids is 2. The number of hydrogen-bond acceptors (Lipinski definition) is 4. The van der Waals surface area contributed by atoms with E-state index in [1.165, 1.54) is 5.01 Å². The molecule has 1 aliphatic rings. The smallest absolute Gasteiger partial charge is 0.291 e. The predicted molar refractivity (Wildman–Crippen MR) is 129 cm³/mol. The summed E-state index contributed by atoms with van der Waals surface area (Å²) in [5, 5.41) is 14.3. The summed E-state index contributed by atoms with van der Waals surface area (Å²) < 4.78 is 3.95. The molecule has 0 aliphatic carbocycles. The number of para-hydroxylation sites is 1. The quantitative estimate of drug-likeness (QED) is 0.586. The van der Waals surface area contributed by atoms with Crippen LogP contribution in [0.3, 0.4) is 0 Å². The van der Waals surface area contributed by atoms with Crippen LogP contribution in [0.15, 0.2) is 41.5 Å². The van der Waals surface area contributed by atoms with Crippen molar-refractivity contribution in [1.82, 2.24) is 24.7 Å². The average molecular weight is 449 g/mol. The SMILES string of the molecule is Cc1cc(C)n(CCCNC(=O)CN2N=C(C(C)(C)C)Cn3c(cc4ccccc43)C2=O)n1. The number of rotatable bonds is 6. The zero-order valence-corrected chi connectivity index (χ0v) is 20.1. The first-order valence-electron chi connectivity index (χ1n) is 11.4. The Balaban J connectivity index is 1.47. The van der Waals surface area contributed by atoms with E-state index in [4.69, 9.17) is 0 Å². The van der Waals surface area contributed by atoms with Crippen molar-refractivity contribution in [3.05, 3.63) is 53.5 Å². The normalized spacial score (nSPS) is 14.3. The van der Waals surface area contributed by atoms with Crippen LogP contribution in [0.1, 0.15) is 49.1 Å². The Morgan fingerprint density at radius 1 is 1.15 bits per heavy atom. The van der Waals surface area contributed by atoms with E-state index >= 15 is 0 Å². The molecule has 0 radical (unpaired) electrons. The molecule has 33 heavy (non-hydrogen) atoms. The van der Waals surface area contributed by atoms with Crippen molar-refractivity contribution in [3.8, 4) is 0 Å². The number of hydrazone groups is 1. The molecular formula is C25H32N6O2. The van der Waals surface area contributed by atoms with Gasteiger partial charge in [0.15, 0.2) is 0 Å². The van der Waals surface area contributed by atoms with Crippen LogP contribution < -0.4 is 5.32 Å². The first-order chi connectivity index (χ1) is 15.6. The molecule has 1 aromatic carbocycles. The van der Waals surface area contributed by atoms with Crippen molar-refractivity contribution in [2.24, 2.45) is 10.5 Å². The van der Waals surface area contributed by atoms with Crippen LogP contribution in [-0.4, -0.2) is 50.0 Å². The number of aromatic nitrogens is 3. The first kappa shape index (κ1) is 22.8. The van der Waals surface area contributed by atoms with Gasteiger partial charge in [-0.3, -0.25) is 14.3 Å². The fourth-order valence-corrected chi connectivity index (χ4v) is 4.11. The monoisotopic (exact) mass is 448 g/mol. The molecule has 4 rings (SSSR count). The molecule has 0 spiro atoms. The van der Waals surface area contributed by atoms with Crippen molar-refractivity contribution in [2.45, 2.75) is 54.1 Å². The first-order valence-corrected chi connectivity index (χ1v) is 11.4. The number of nitrogens with one attached hydrogen (secondary N) is 1. The van der Waals surface area contributed by atoms with Crippen LogP contribution >= 0.6 is 0 Å². The molecular weight excluding hydrogens is 416 g/mol. The molecule has 0 bridgehead atoms. The Hall–Kier alpha value is -3.42. The van der Waals surface area contributed by atoms with Gasteiger partial charge in [0.1, 0.15) is 12.2 Å². The highest BCUT2D eigenvalue weighted by Gasteiger charge is 2.31. The molecule has 8 nitrogen and oxygen atoms in total. The van der Waals surface area contributed by atoms with Crippen LogP contribution in [0.4, 0.5) is 0 Å². The van der Waals surface area contributed by atoms with E-state index in [1.807, 2.05) is 59.5 Å². The third-order valence-corrected chi connectivity index (χ3v) is 5.94. The Bertz CT molecular complexity index is 1230. The lowest BCUT2D eigenvalue weighted by atomic mass is 9.90. The van der Waals surface area contributed by atoms with Gasteiger partial charge in [0.05, 0.1) is 18.0 Å². The van der Waals surface area contributed by atoms with Gasteiger partial charge in [-0.05, 0) is 38.5 Å². The summed E-state index contributed by atoms with van der Waals surface area (Å²) in [6.45, 7) is 11.9. The fourth-order valence-electron chi connectivity index (χ4n) is 4.11. The number of benzene rings is 1. The molecule has 1 N–H and O–H groups in total. The van der Waals surface area contributed by atoms with Gasteiger partial charge in [-0.15, -0.1) is 0 Å². The Kier molecular flexibility index (Phi) is 6.10. The van der Waals surface area contributed by atoms with Gasteiger partial charge in [0.25, 0.3) is 5.91 Å². The molecule has 3 heterocycles. The average Bonchev–Trinajstić information content (AvgIpc) is 3.23. The zero-order valence-electron chi connectivity index (χ0n) is 20.1. The molecule has 0 saturated heterocycles. The van der Waals surface area contributed by atoms with Crippen LogP contribution in [0.5, 0.6) is 0 Å². The summed E-state index contributed by atoms with van der Waals surface area (Å²) in [4.78, 5) is 26.1. The molecule has 0 fully saturated rings. The van der Waals surface area contributed by atoms with E-state index in [0.29, 0.717) is 18.8 Å². The summed E-state index contributed by atoms with van der Waals surface area (Å²) in [6, 6.07) is 11.9. The summed E-state index contributed by atoms with van der Waals surface area (Å²) in [5.74, 6) is -0.485. The second-order valence-electron chi connectivity index (χ2n) is 9.69. The molecule has 3 aromatic rings. The largest absolute Gasteiger partial charge is 0.354 e. The van der Waals surface area contributed by atoms with Gasteiger partial charge in [-0.2, -0.15) is 10.2 Å². The molecule has 1 aliphatic heterocycles. The van der Waals surface area contributed by atoms with Crippen molar-refractivity contribution < 1.29 is 9.59 Å². The molecule has 0 unspecified atom stereocenters. The fraction of sp³-hybridized carbons (Fsp3) is 0.440.